The normalized spacial score (nSPS) is 12.8. The van der Waals surface area contributed by atoms with Gasteiger partial charge in [-0.3, -0.25) is 19.7 Å². The lowest BCUT2D eigenvalue weighted by molar-refractivity contribution is -0.384. The van der Waals surface area contributed by atoms with Crippen molar-refractivity contribution in [2.24, 2.45) is 0 Å². The van der Waals surface area contributed by atoms with E-state index in [1.54, 1.807) is 13.8 Å². The topological polar surface area (TPSA) is 128 Å². The van der Waals surface area contributed by atoms with Crippen molar-refractivity contribution in [2.75, 3.05) is 0 Å². The second-order valence-electron chi connectivity index (χ2n) is 5.74. The first-order valence-electron chi connectivity index (χ1n) is 7.68. The third-order valence-electron chi connectivity index (χ3n) is 3.11. The van der Waals surface area contributed by atoms with Crippen LogP contribution in [0.25, 0.3) is 0 Å². The molecule has 0 spiro atoms. The summed E-state index contributed by atoms with van der Waals surface area (Å²) in [6.07, 6.45) is -1.01. The van der Waals surface area contributed by atoms with Crippen molar-refractivity contribution in [3.05, 3.63) is 39.9 Å². The molecule has 2 atom stereocenters. The predicted octanol–water partition coefficient (Wildman–Crippen LogP) is 1.17. The first-order valence-corrected chi connectivity index (χ1v) is 7.68. The van der Waals surface area contributed by atoms with Crippen LogP contribution in [0.2, 0.25) is 0 Å². The lowest BCUT2D eigenvalue weighted by Crippen LogP contribution is -2.44. The highest BCUT2D eigenvalue weighted by atomic mass is 16.6. The van der Waals surface area contributed by atoms with Gasteiger partial charge in [0, 0.05) is 23.7 Å². The van der Waals surface area contributed by atoms with Gasteiger partial charge >= 0.3 is 5.97 Å². The van der Waals surface area contributed by atoms with Crippen molar-refractivity contribution >= 4 is 23.5 Å². The number of nitro groups is 1. The molecule has 0 bridgehead atoms. The second kappa shape index (κ2) is 8.76. The van der Waals surface area contributed by atoms with Crippen molar-refractivity contribution in [3.63, 3.8) is 0 Å². The van der Waals surface area contributed by atoms with E-state index in [-0.39, 0.29) is 17.3 Å². The Bertz CT molecular complexity index is 674. The SMILES string of the molecule is CC(C)NC(=O)[C@H](C)OC(=O)[C@@H](C)NC(=O)c1cccc([N+](=O)[O-])c1. The summed E-state index contributed by atoms with van der Waals surface area (Å²) in [5.74, 6) is -1.89. The third kappa shape index (κ3) is 6.21. The average Bonchev–Trinajstić information content (AvgIpc) is 2.53. The predicted molar refractivity (Wildman–Crippen MR) is 88.9 cm³/mol. The number of carbonyl (C=O) groups is 3. The van der Waals surface area contributed by atoms with Crippen molar-refractivity contribution in [1.82, 2.24) is 10.6 Å². The summed E-state index contributed by atoms with van der Waals surface area (Å²) in [6.45, 7) is 6.36. The lowest BCUT2D eigenvalue weighted by Gasteiger charge is -2.18. The zero-order valence-corrected chi connectivity index (χ0v) is 14.4. The Balaban J connectivity index is 2.65. The van der Waals surface area contributed by atoms with E-state index in [9.17, 15) is 24.5 Å². The van der Waals surface area contributed by atoms with E-state index in [2.05, 4.69) is 10.6 Å². The standard InChI is InChI=1S/C16H21N3O6/c1-9(2)17-14(20)11(4)25-16(22)10(3)18-15(21)12-6-5-7-13(8-12)19(23)24/h5-11H,1-4H3,(H,17,20)(H,18,21)/t10-,11+/m1/s1. The summed E-state index contributed by atoms with van der Waals surface area (Å²) >= 11 is 0. The number of ether oxygens (including phenoxy) is 1. The van der Waals surface area contributed by atoms with Crippen LogP contribution in [0.1, 0.15) is 38.1 Å². The molecule has 0 unspecified atom stereocenters. The summed E-state index contributed by atoms with van der Waals surface area (Å²) < 4.78 is 5.00. The molecule has 2 N–H and O–H groups in total. The Morgan fingerprint density at radius 2 is 1.76 bits per heavy atom. The number of esters is 1. The first kappa shape index (κ1) is 20.1. The molecule has 1 aromatic rings. The number of hydrogen-bond donors (Lipinski definition) is 2. The number of carbonyl (C=O) groups excluding carboxylic acids is 3. The van der Waals surface area contributed by atoms with Gasteiger partial charge in [0.25, 0.3) is 17.5 Å². The Hall–Kier alpha value is -2.97. The average molecular weight is 351 g/mol. The zero-order chi connectivity index (χ0) is 19.1. The highest BCUT2D eigenvalue weighted by molar-refractivity contribution is 5.97. The van der Waals surface area contributed by atoms with Crippen molar-refractivity contribution < 1.29 is 24.0 Å². The second-order valence-corrected chi connectivity index (χ2v) is 5.74. The maximum atomic E-state index is 12.1. The Morgan fingerprint density at radius 3 is 2.32 bits per heavy atom. The molecule has 2 amide bonds. The van der Waals surface area contributed by atoms with Crippen LogP contribution in [0, 0.1) is 10.1 Å². The summed E-state index contributed by atoms with van der Waals surface area (Å²) in [5.41, 5.74) is -0.193. The number of non-ortho nitro benzene ring substituents is 1. The van der Waals surface area contributed by atoms with Gasteiger partial charge in [0.1, 0.15) is 6.04 Å². The molecule has 9 nitrogen and oxygen atoms in total. The van der Waals surface area contributed by atoms with E-state index in [0.29, 0.717) is 0 Å². The Kier molecular flexibility index (Phi) is 7.04. The molecular formula is C16H21N3O6. The lowest BCUT2D eigenvalue weighted by atomic mass is 10.2. The molecule has 0 saturated carbocycles. The Labute approximate surface area is 144 Å². The molecule has 0 saturated heterocycles. The fourth-order valence-corrected chi connectivity index (χ4v) is 1.83. The molecule has 1 aromatic carbocycles. The van der Waals surface area contributed by atoms with Crippen LogP contribution in [-0.2, 0) is 14.3 Å². The number of hydrogen-bond acceptors (Lipinski definition) is 6. The number of rotatable bonds is 7. The monoisotopic (exact) mass is 351 g/mol. The molecule has 0 aliphatic rings. The minimum Gasteiger partial charge on any atom is -0.451 e. The molecule has 0 heterocycles. The van der Waals surface area contributed by atoms with Crippen molar-refractivity contribution in [2.45, 2.75) is 45.9 Å². The highest BCUT2D eigenvalue weighted by Crippen LogP contribution is 2.13. The van der Waals surface area contributed by atoms with Crippen LogP contribution in [0.15, 0.2) is 24.3 Å². The molecule has 136 valence electrons. The molecule has 0 aromatic heterocycles. The first-order chi connectivity index (χ1) is 11.6. The maximum absolute atomic E-state index is 12.1. The summed E-state index contributed by atoms with van der Waals surface area (Å²) in [7, 11) is 0. The van der Waals surface area contributed by atoms with Crippen LogP contribution in [0.4, 0.5) is 5.69 Å². The minimum absolute atomic E-state index is 0.0412. The van der Waals surface area contributed by atoms with Gasteiger partial charge in [-0.05, 0) is 33.8 Å². The van der Waals surface area contributed by atoms with E-state index in [0.717, 1.165) is 6.07 Å². The summed E-state index contributed by atoms with van der Waals surface area (Å²) in [5, 5.41) is 15.7. The van der Waals surface area contributed by atoms with Gasteiger partial charge in [0.05, 0.1) is 4.92 Å². The van der Waals surface area contributed by atoms with Crippen LogP contribution >= 0.6 is 0 Å². The number of benzene rings is 1. The highest BCUT2D eigenvalue weighted by Gasteiger charge is 2.24. The molecule has 0 fully saturated rings. The fourth-order valence-electron chi connectivity index (χ4n) is 1.83. The van der Waals surface area contributed by atoms with E-state index in [1.807, 2.05) is 0 Å². The smallest absolute Gasteiger partial charge is 0.329 e. The van der Waals surface area contributed by atoms with Crippen LogP contribution in [0.3, 0.4) is 0 Å². The zero-order valence-electron chi connectivity index (χ0n) is 14.4. The van der Waals surface area contributed by atoms with Gasteiger partial charge in [0.2, 0.25) is 0 Å². The molecular weight excluding hydrogens is 330 g/mol. The fraction of sp³-hybridized carbons (Fsp3) is 0.438. The maximum Gasteiger partial charge on any atom is 0.329 e. The number of nitro benzene ring substituents is 1. The summed E-state index contributed by atoms with van der Waals surface area (Å²) in [4.78, 5) is 45.9. The molecule has 0 aliphatic heterocycles. The van der Waals surface area contributed by atoms with E-state index in [1.165, 1.54) is 32.0 Å². The van der Waals surface area contributed by atoms with Crippen LogP contribution in [-0.4, -0.2) is 40.9 Å². The van der Waals surface area contributed by atoms with Crippen LogP contribution < -0.4 is 10.6 Å². The van der Waals surface area contributed by atoms with Gasteiger partial charge in [0.15, 0.2) is 6.10 Å². The molecule has 25 heavy (non-hydrogen) atoms. The van der Waals surface area contributed by atoms with Gasteiger partial charge < -0.3 is 15.4 Å². The van der Waals surface area contributed by atoms with Crippen molar-refractivity contribution in [3.8, 4) is 0 Å². The largest absolute Gasteiger partial charge is 0.451 e. The van der Waals surface area contributed by atoms with E-state index < -0.39 is 34.9 Å². The summed E-state index contributed by atoms with van der Waals surface area (Å²) in [6, 6.07) is 3.99. The van der Waals surface area contributed by atoms with Crippen molar-refractivity contribution in [1.29, 1.82) is 0 Å². The van der Waals surface area contributed by atoms with Gasteiger partial charge in [-0.1, -0.05) is 6.07 Å². The van der Waals surface area contributed by atoms with E-state index >= 15 is 0 Å². The minimum atomic E-state index is -1.03. The van der Waals surface area contributed by atoms with E-state index in [4.69, 9.17) is 4.74 Å². The third-order valence-corrected chi connectivity index (χ3v) is 3.11. The van der Waals surface area contributed by atoms with Gasteiger partial charge in [-0.15, -0.1) is 0 Å². The van der Waals surface area contributed by atoms with Crippen LogP contribution in [0.5, 0.6) is 0 Å². The van der Waals surface area contributed by atoms with Gasteiger partial charge in [-0.25, -0.2) is 4.79 Å². The molecule has 1 rings (SSSR count). The Morgan fingerprint density at radius 1 is 1.12 bits per heavy atom. The quantitative estimate of drug-likeness (QED) is 0.431. The number of nitrogens with one attached hydrogen (secondary N) is 2. The molecule has 9 heteroatoms. The number of amides is 2. The number of nitrogens with zero attached hydrogens (tertiary/aromatic N) is 1. The molecule has 0 radical (unpaired) electrons. The molecule has 0 aliphatic carbocycles. The van der Waals surface area contributed by atoms with Gasteiger partial charge in [-0.2, -0.15) is 0 Å².